The summed E-state index contributed by atoms with van der Waals surface area (Å²) in [5, 5.41) is 3.07. The molecule has 1 aliphatic rings. The maximum Gasteiger partial charge on any atom is 0.189 e. The van der Waals surface area contributed by atoms with Crippen LogP contribution in [0.5, 0.6) is 0 Å². The summed E-state index contributed by atoms with van der Waals surface area (Å²) in [6.07, 6.45) is 4.00. The van der Waals surface area contributed by atoms with Gasteiger partial charge in [-0.05, 0) is 44.0 Å². The molecule has 0 saturated carbocycles. The van der Waals surface area contributed by atoms with Crippen LogP contribution >= 0.6 is 24.0 Å². The average molecular weight is 428 g/mol. The number of nitrogens with two attached hydrogens (primary N) is 1. The number of halogens is 1. The molecule has 0 radical (unpaired) electrons. The van der Waals surface area contributed by atoms with E-state index in [0.717, 1.165) is 12.1 Å². The Bertz CT molecular complexity index is 522. The van der Waals surface area contributed by atoms with E-state index in [-0.39, 0.29) is 24.0 Å². The Morgan fingerprint density at radius 2 is 1.87 bits per heavy atom. The summed E-state index contributed by atoms with van der Waals surface area (Å²) in [5.74, 6) is 0.482. The molecule has 0 spiro atoms. The molecule has 128 valence electrons. The van der Waals surface area contributed by atoms with E-state index in [0.29, 0.717) is 19.0 Å². The summed E-state index contributed by atoms with van der Waals surface area (Å²) in [5.41, 5.74) is 9.56. The molecular formula is C18H29IN4. The number of rotatable bonds is 6. The van der Waals surface area contributed by atoms with Crippen LogP contribution in [0.1, 0.15) is 37.3 Å². The van der Waals surface area contributed by atoms with E-state index in [2.05, 4.69) is 46.1 Å². The van der Waals surface area contributed by atoms with Crippen LogP contribution in [0.25, 0.3) is 0 Å². The number of guanidine groups is 1. The lowest BCUT2D eigenvalue weighted by Crippen LogP contribution is -2.32. The van der Waals surface area contributed by atoms with Crippen molar-refractivity contribution < 1.29 is 0 Å². The first-order chi connectivity index (χ1) is 10.6. The molecule has 0 atom stereocenters. The number of nitrogens with zero attached hydrogens (tertiary/aromatic N) is 2. The fourth-order valence-corrected chi connectivity index (χ4v) is 2.69. The van der Waals surface area contributed by atoms with Crippen LogP contribution in [0.2, 0.25) is 0 Å². The third kappa shape index (κ3) is 7.35. The minimum absolute atomic E-state index is 0. The lowest BCUT2D eigenvalue weighted by Gasteiger charge is -2.27. The Kier molecular flexibility index (Phi) is 9.24. The predicted molar refractivity (Wildman–Crippen MR) is 109 cm³/mol. The summed E-state index contributed by atoms with van der Waals surface area (Å²) in [6, 6.07) is 8.53. The van der Waals surface area contributed by atoms with Crippen LogP contribution in [0.3, 0.4) is 0 Å². The number of piperidine rings is 1. The second-order valence-electron chi connectivity index (χ2n) is 6.12. The minimum atomic E-state index is 0. The molecule has 0 aliphatic carbocycles. The van der Waals surface area contributed by atoms with Gasteiger partial charge in [-0.25, -0.2) is 4.99 Å². The first-order valence-corrected chi connectivity index (χ1v) is 8.12. The standard InChI is InChI=1S/C18H28N4.HI/c1-15(2)12-20-18(19)21-13-16-8-4-5-9-17(16)14-22-10-6-3-7-11-22;/h4-5,8-9H,1,3,6-7,10-14H2,2H3,(H3,19,20,21);1H. The smallest absolute Gasteiger partial charge is 0.189 e. The molecule has 1 aromatic carbocycles. The van der Waals surface area contributed by atoms with Gasteiger partial charge in [-0.3, -0.25) is 4.90 Å². The fraction of sp³-hybridized carbons (Fsp3) is 0.500. The molecule has 0 unspecified atom stereocenters. The number of aliphatic imine (C=N–C) groups is 1. The van der Waals surface area contributed by atoms with Gasteiger partial charge in [-0.1, -0.05) is 42.8 Å². The summed E-state index contributed by atoms with van der Waals surface area (Å²) < 4.78 is 0. The molecule has 23 heavy (non-hydrogen) atoms. The lowest BCUT2D eigenvalue weighted by molar-refractivity contribution is 0.220. The highest BCUT2D eigenvalue weighted by Crippen LogP contribution is 2.16. The Balaban J connectivity index is 0.00000264. The molecule has 0 aromatic heterocycles. The molecule has 0 bridgehead atoms. The quantitative estimate of drug-likeness (QED) is 0.317. The van der Waals surface area contributed by atoms with E-state index in [4.69, 9.17) is 5.73 Å². The molecule has 3 N–H and O–H groups in total. The normalized spacial score (nSPS) is 15.8. The molecule has 1 aliphatic heterocycles. The van der Waals surface area contributed by atoms with Crippen LogP contribution in [-0.4, -0.2) is 30.5 Å². The van der Waals surface area contributed by atoms with Crippen molar-refractivity contribution in [2.45, 2.75) is 39.3 Å². The van der Waals surface area contributed by atoms with Crippen molar-refractivity contribution in [3.8, 4) is 0 Å². The van der Waals surface area contributed by atoms with Gasteiger partial charge in [0.25, 0.3) is 0 Å². The Morgan fingerprint density at radius 3 is 2.52 bits per heavy atom. The molecule has 1 heterocycles. The topological polar surface area (TPSA) is 53.6 Å². The molecular weight excluding hydrogens is 399 g/mol. The zero-order chi connectivity index (χ0) is 15.8. The van der Waals surface area contributed by atoms with E-state index < -0.39 is 0 Å². The fourth-order valence-electron chi connectivity index (χ4n) is 2.69. The van der Waals surface area contributed by atoms with Crippen LogP contribution < -0.4 is 11.1 Å². The minimum Gasteiger partial charge on any atom is -0.370 e. The summed E-state index contributed by atoms with van der Waals surface area (Å²) in [6.45, 7) is 10.5. The lowest BCUT2D eigenvalue weighted by atomic mass is 10.1. The highest BCUT2D eigenvalue weighted by Gasteiger charge is 2.12. The van der Waals surface area contributed by atoms with Gasteiger partial charge in [0.15, 0.2) is 5.96 Å². The van der Waals surface area contributed by atoms with Gasteiger partial charge in [0.1, 0.15) is 0 Å². The largest absolute Gasteiger partial charge is 0.370 e. The third-order valence-corrected chi connectivity index (χ3v) is 3.95. The van der Waals surface area contributed by atoms with E-state index in [1.54, 1.807) is 0 Å². The van der Waals surface area contributed by atoms with E-state index in [1.165, 1.54) is 43.5 Å². The van der Waals surface area contributed by atoms with Gasteiger partial charge < -0.3 is 11.1 Å². The van der Waals surface area contributed by atoms with Crippen molar-refractivity contribution in [2.75, 3.05) is 19.6 Å². The van der Waals surface area contributed by atoms with Crippen LogP contribution in [0.4, 0.5) is 0 Å². The second kappa shape index (κ2) is 10.6. The van der Waals surface area contributed by atoms with Crippen molar-refractivity contribution in [2.24, 2.45) is 10.7 Å². The predicted octanol–water partition coefficient (Wildman–Crippen LogP) is 3.27. The third-order valence-electron chi connectivity index (χ3n) is 3.95. The molecule has 1 saturated heterocycles. The van der Waals surface area contributed by atoms with Crippen LogP contribution in [0, 0.1) is 0 Å². The number of hydrogen-bond acceptors (Lipinski definition) is 2. The number of nitrogens with one attached hydrogen (secondary N) is 1. The Labute approximate surface area is 157 Å². The highest BCUT2D eigenvalue weighted by molar-refractivity contribution is 14.0. The molecule has 2 rings (SSSR count). The molecule has 0 amide bonds. The zero-order valence-electron chi connectivity index (χ0n) is 14.1. The maximum absolute atomic E-state index is 5.89. The van der Waals surface area contributed by atoms with Gasteiger partial charge in [-0.2, -0.15) is 0 Å². The SMILES string of the molecule is C=C(C)CNC(N)=NCc1ccccc1CN1CCCCC1.I. The van der Waals surface area contributed by atoms with Gasteiger partial charge in [0.2, 0.25) is 0 Å². The number of hydrogen-bond donors (Lipinski definition) is 2. The van der Waals surface area contributed by atoms with Crippen LogP contribution in [-0.2, 0) is 13.1 Å². The van der Waals surface area contributed by atoms with Crippen LogP contribution in [0.15, 0.2) is 41.4 Å². The van der Waals surface area contributed by atoms with Gasteiger partial charge >= 0.3 is 0 Å². The van der Waals surface area contributed by atoms with Gasteiger partial charge in [0, 0.05) is 13.1 Å². The maximum atomic E-state index is 5.89. The van der Waals surface area contributed by atoms with Crippen molar-refractivity contribution in [3.63, 3.8) is 0 Å². The molecule has 1 aromatic rings. The Hall–Kier alpha value is -1.08. The van der Waals surface area contributed by atoms with Crippen molar-refractivity contribution in [3.05, 3.63) is 47.5 Å². The summed E-state index contributed by atoms with van der Waals surface area (Å²) in [4.78, 5) is 6.98. The molecule has 4 nitrogen and oxygen atoms in total. The first-order valence-electron chi connectivity index (χ1n) is 8.12. The monoisotopic (exact) mass is 428 g/mol. The van der Waals surface area contributed by atoms with E-state index in [1.807, 2.05) is 6.92 Å². The van der Waals surface area contributed by atoms with Crippen molar-refractivity contribution >= 4 is 29.9 Å². The summed E-state index contributed by atoms with van der Waals surface area (Å²) in [7, 11) is 0. The average Bonchev–Trinajstić information content (AvgIpc) is 2.53. The van der Waals surface area contributed by atoms with Crippen molar-refractivity contribution in [1.29, 1.82) is 0 Å². The van der Waals surface area contributed by atoms with Gasteiger partial charge in [0.05, 0.1) is 6.54 Å². The Morgan fingerprint density at radius 1 is 1.22 bits per heavy atom. The van der Waals surface area contributed by atoms with Crippen molar-refractivity contribution in [1.82, 2.24) is 10.2 Å². The first kappa shape index (κ1) is 20.0. The van der Waals surface area contributed by atoms with Gasteiger partial charge in [-0.15, -0.1) is 24.0 Å². The van der Waals surface area contributed by atoms with E-state index in [9.17, 15) is 0 Å². The number of likely N-dealkylation sites (tertiary alicyclic amines) is 1. The molecule has 5 heteroatoms. The summed E-state index contributed by atoms with van der Waals surface area (Å²) >= 11 is 0. The second-order valence-corrected chi connectivity index (χ2v) is 6.12. The zero-order valence-corrected chi connectivity index (χ0v) is 16.4. The van der Waals surface area contributed by atoms with E-state index >= 15 is 0 Å². The number of benzene rings is 1. The molecule has 1 fully saturated rings. The highest BCUT2D eigenvalue weighted by atomic mass is 127.